The van der Waals surface area contributed by atoms with Gasteiger partial charge >= 0.3 is 6.09 Å². The number of primary amides is 1. The first-order chi connectivity index (χ1) is 13.2. The first-order valence-electron chi connectivity index (χ1n) is 11.4. The van der Waals surface area contributed by atoms with Crippen molar-refractivity contribution in [3.63, 3.8) is 0 Å². The molecule has 0 heterocycles. The van der Waals surface area contributed by atoms with E-state index in [0.29, 0.717) is 6.61 Å². The van der Waals surface area contributed by atoms with E-state index in [0.717, 1.165) is 12.8 Å². The van der Waals surface area contributed by atoms with Gasteiger partial charge in [0.1, 0.15) is 0 Å². The van der Waals surface area contributed by atoms with Crippen LogP contribution in [0, 0.1) is 0 Å². The summed E-state index contributed by atoms with van der Waals surface area (Å²) < 4.78 is 4.96. The van der Waals surface area contributed by atoms with Gasteiger partial charge in [-0.25, -0.2) is 4.79 Å². The minimum atomic E-state index is -0.565. The quantitative estimate of drug-likeness (QED) is 0.258. The van der Waals surface area contributed by atoms with Gasteiger partial charge in [-0.1, -0.05) is 110 Å². The van der Waals surface area contributed by atoms with Crippen LogP contribution in [0.2, 0.25) is 0 Å². The molecule has 0 rings (SSSR count). The molecule has 0 aliphatic rings. The van der Waals surface area contributed by atoms with Crippen LogP contribution in [0.5, 0.6) is 0 Å². The van der Waals surface area contributed by atoms with Crippen LogP contribution in [0.3, 0.4) is 0 Å². The lowest BCUT2D eigenvalue weighted by Crippen LogP contribution is -2.33. The summed E-state index contributed by atoms with van der Waals surface area (Å²) in [7, 11) is 0. The number of hydrogen-bond acceptors (Lipinski definition) is 3. The van der Waals surface area contributed by atoms with E-state index < -0.39 is 12.0 Å². The van der Waals surface area contributed by atoms with E-state index in [4.69, 9.17) is 10.5 Å². The van der Waals surface area contributed by atoms with Crippen molar-refractivity contribution in [1.29, 1.82) is 0 Å². The third kappa shape index (κ3) is 22.7. The van der Waals surface area contributed by atoms with Gasteiger partial charge in [0.2, 0.25) is 5.91 Å². The van der Waals surface area contributed by atoms with Crippen LogP contribution >= 0.6 is 0 Å². The fourth-order valence-electron chi connectivity index (χ4n) is 3.20. The summed E-state index contributed by atoms with van der Waals surface area (Å²) in [6, 6.07) is 0. The molecule has 2 amide bonds. The molecular weight excluding hydrogens is 340 g/mol. The minimum Gasteiger partial charge on any atom is -0.450 e. The molecule has 5 heteroatoms. The Kier molecular flexibility index (Phi) is 20.1. The number of amides is 2. The molecule has 0 atom stereocenters. The molecule has 0 aromatic carbocycles. The number of ether oxygens (including phenoxy) is 1. The normalized spacial score (nSPS) is 10.7. The van der Waals surface area contributed by atoms with Gasteiger partial charge in [0.05, 0.1) is 13.2 Å². The lowest BCUT2D eigenvalue weighted by Gasteiger charge is -2.05. The highest BCUT2D eigenvalue weighted by Crippen LogP contribution is 2.14. The number of nitrogens with two attached hydrogens (primary N) is 1. The molecule has 3 N–H and O–H groups in total. The van der Waals surface area contributed by atoms with Gasteiger partial charge in [-0.3, -0.25) is 4.79 Å². The molecule has 0 aliphatic heterocycles. The maximum Gasteiger partial charge on any atom is 0.407 e. The summed E-state index contributed by atoms with van der Waals surface area (Å²) in [4.78, 5) is 21.7. The van der Waals surface area contributed by atoms with Gasteiger partial charge in [-0.05, 0) is 6.42 Å². The van der Waals surface area contributed by atoms with Gasteiger partial charge in [0, 0.05) is 0 Å². The molecule has 0 unspecified atom stereocenters. The van der Waals surface area contributed by atoms with Gasteiger partial charge in [-0.2, -0.15) is 0 Å². The molecule has 0 aliphatic carbocycles. The van der Waals surface area contributed by atoms with Gasteiger partial charge < -0.3 is 15.8 Å². The third-order valence-electron chi connectivity index (χ3n) is 4.89. The maximum absolute atomic E-state index is 11.2. The molecule has 0 aromatic rings. The molecule has 5 nitrogen and oxygen atoms in total. The predicted octanol–water partition coefficient (Wildman–Crippen LogP) is 5.85. The fourth-order valence-corrected chi connectivity index (χ4v) is 3.20. The first kappa shape index (κ1) is 25.7. The molecule has 0 spiro atoms. The highest BCUT2D eigenvalue weighted by Gasteiger charge is 2.02. The topological polar surface area (TPSA) is 81.4 Å². The average molecular weight is 385 g/mol. The highest BCUT2D eigenvalue weighted by molar-refractivity contribution is 5.80. The molecule has 0 aromatic heterocycles. The largest absolute Gasteiger partial charge is 0.450 e. The summed E-state index contributed by atoms with van der Waals surface area (Å²) in [5.41, 5.74) is 4.93. The Morgan fingerprint density at radius 3 is 1.41 bits per heavy atom. The van der Waals surface area contributed by atoms with Crippen molar-refractivity contribution in [3.8, 4) is 0 Å². The van der Waals surface area contributed by atoms with Gasteiger partial charge in [-0.15, -0.1) is 0 Å². The SMILES string of the molecule is CCCCCCCCCCCCCCCCCCCOC(=O)NCC(N)=O. The van der Waals surface area contributed by atoms with Crippen molar-refractivity contribution in [1.82, 2.24) is 5.32 Å². The standard InChI is InChI=1S/C22H44N2O3/c1-2-3-4-5-6-7-8-9-10-11-12-13-14-15-16-17-18-19-27-22(26)24-20-21(23)25/h2-20H2,1H3,(H2,23,25)(H,24,26). The zero-order valence-corrected chi connectivity index (χ0v) is 17.7. The van der Waals surface area contributed by atoms with Crippen LogP contribution in [0.15, 0.2) is 0 Å². The molecule has 0 fully saturated rings. The molecule has 0 bridgehead atoms. The van der Waals surface area contributed by atoms with Crippen LogP contribution < -0.4 is 11.1 Å². The first-order valence-corrected chi connectivity index (χ1v) is 11.4. The number of nitrogens with one attached hydrogen (secondary N) is 1. The Hall–Kier alpha value is -1.26. The number of unbranched alkanes of at least 4 members (excludes halogenated alkanes) is 16. The average Bonchev–Trinajstić information content (AvgIpc) is 2.65. The van der Waals surface area contributed by atoms with E-state index in [1.165, 1.54) is 96.3 Å². The summed E-state index contributed by atoms with van der Waals surface area (Å²) in [6.07, 6.45) is 22.0. The highest BCUT2D eigenvalue weighted by atomic mass is 16.5. The Labute approximate surface area is 167 Å². The number of alkyl carbamates (subject to hydrolysis) is 1. The van der Waals surface area contributed by atoms with Crippen molar-refractivity contribution >= 4 is 12.0 Å². The van der Waals surface area contributed by atoms with Crippen LogP contribution in [0.4, 0.5) is 4.79 Å². The van der Waals surface area contributed by atoms with E-state index in [1.54, 1.807) is 0 Å². The van der Waals surface area contributed by atoms with E-state index in [9.17, 15) is 9.59 Å². The third-order valence-corrected chi connectivity index (χ3v) is 4.89. The number of carbonyl (C=O) groups excluding carboxylic acids is 2. The summed E-state index contributed by atoms with van der Waals surface area (Å²) >= 11 is 0. The second kappa shape index (κ2) is 21.0. The smallest absolute Gasteiger partial charge is 0.407 e. The minimum absolute atomic E-state index is 0.169. The van der Waals surface area contributed by atoms with Crippen LogP contribution in [0.25, 0.3) is 0 Å². The lowest BCUT2D eigenvalue weighted by molar-refractivity contribution is -0.117. The lowest BCUT2D eigenvalue weighted by atomic mass is 10.0. The van der Waals surface area contributed by atoms with Crippen LogP contribution in [0.1, 0.15) is 116 Å². The zero-order valence-electron chi connectivity index (χ0n) is 17.7. The molecule has 0 saturated carbocycles. The summed E-state index contributed by atoms with van der Waals surface area (Å²) in [5, 5.41) is 2.30. The summed E-state index contributed by atoms with van der Waals surface area (Å²) in [6.45, 7) is 2.51. The van der Waals surface area contributed by atoms with Gasteiger partial charge in [0.25, 0.3) is 0 Å². The van der Waals surface area contributed by atoms with Crippen LogP contribution in [-0.2, 0) is 9.53 Å². The fraction of sp³-hybridized carbons (Fsp3) is 0.909. The Balaban J connectivity index is 3.09. The van der Waals surface area contributed by atoms with Crippen molar-refractivity contribution in [2.45, 2.75) is 116 Å². The number of carbonyl (C=O) groups is 2. The summed E-state index contributed by atoms with van der Waals surface area (Å²) in [5.74, 6) is -0.565. The molecule has 160 valence electrons. The van der Waals surface area contributed by atoms with E-state index in [1.807, 2.05) is 0 Å². The monoisotopic (exact) mass is 384 g/mol. The Morgan fingerprint density at radius 2 is 1.04 bits per heavy atom. The zero-order chi connectivity index (χ0) is 20.0. The predicted molar refractivity (Wildman–Crippen MR) is 113 cm³/mol. The van der Waals surface area contributed by atoms with E-state index in [-0.39, 0.29) is 6.54 Å². The number of hydrogen-bond donors (Lipinski definition) is 2. The van der Waals surface area contributed by atoms with Crippen molar-refractivity contribution in [2.24, 2.45) is 5.73 Å². The van der Waals surface area contributed by atoms with Crippen LogP contribution in [-0.4, -0.2) is 25.2 Å². The van der Waals surface area contributed by atoms with Crippen molar-refractivity contribution in [3.05, 3.63) is 0 Å². The molecule has 0 radical (unpaired) electrons. The van der Waals surface area contributed by atoms with E-state index >= 15 is 0 Å². The maximum atomic E-state index is 11.2. The molecule has 0 saturated heterocycles. The van der Waals surface area contributed by atoms with Gasteiger partial charge in [0.15, 0.2) is 0 Å². The van der Waals surface area contributed by atoms with Crippen molar-refractivity contribution in [2.75, 3.05) is 13.2 Å². The van der Waals surface area contributed by atoms with Crippen molar-refractivity contribution < 1.29 is 14.3 Å². The molecule has 27 heavy (non-hydrogen) atoms. The van der Waals surface area contributed by atoms with E-state index in [2.05, 4.69) is 12.2 Å². The number of rotatable bonds is 20. The second-order valence-electron chi connectivity index (χ2n) is 7.61. The second-order valence-corrected chi connectivity index (χ2v) is 7.61. The Bertz CT molecular complexity index is 348. The Morgan fingerprint density at radius 1 is 0.667 bits per heavy atom. The molecular formula is C22H44N2O3.